The van der Waals surface area contributed by atoms with Gasteiger partial charge >= 0.3 is 0 Å². The molecule has 4 aromatic rings. The van der Waals surface area contributed by atoms with Crippen molar-refractivity contribution in [1.29, 1.82) is 0 Å². The fourth-order valence-electron chi connectivity index (χ4n) is 4.08. The number of aryl methyl sites for hydroxylation is 2. The number of benzene rings is 3. The summed E-state index contributed by atoms with van der Waals surface area (Å²) in [5, 5.41) is 21.8. The van der Waals surface area contributed by atoms with Gasteiger partial charge < -0.3 is 14.8 Å². The van der Waals surface area contributed by atoms with Crippen LogP contribution in [0.5, 0.6) is 0 Å². The molecule has 2 N–H and O–H groups in total. The highest BCUT2D eigenvalue weighted by atomic mass is 16.3. The van der Waals surface area contributed by atoms with Crippen LogP contribution in [0.15, 0.2) is 78.9 Å². The van der Waals surface area contributed by atoms with Crippen molar-refractivity contribution in [3.05, 3.63) is 101 Å². The van der Waals surface area contributed by atoms with Gasteiger partial charge in [0.2, 0.25) is 0 Å². The first-order chi connectivity index (χ1) is 14.5. The maximum absolute atomic E-state index is 12.2. The van der Waals surface area contributed by atoms with Gasteiger partial charge in [-0.15, -0.1) is 0 Å². The standard InChI is InChI=1S/C26H28N2O2/c1-3-28-24-18-20(15-14-19(2)29)16-17-23(24)27-25(28)26(30,21-10-6-4-7-11-21)22-12-8-5-9-13-22/h4-13,16-19,29-30H,3,14-15H2,1-2H3. The summed E-state index contributed by atoms with van der Waals surface area (Å²) < 4.78 is 2.10. The first kappa shape index (κ1) is 20.3. The second-order valence-electron chi connectivity index (χ2n) is 7.83. The van der Waals surface area contributed by atoms with Crippen LogP contribution in [0.3, 0.4) is 0 Å². The minimum absolute atomic E-state index is 0.325. The fraction of sp³-hybridized carbons (Fsp3) is 0.269. The monoisotopic (exact) mass is 400 g/mol. The lowest BCUT2D eigenvalue weighted by Crippen LogP contribution is -2.32. The number of hydrogen-bond donors (Lipinski definition) is 2. The third-order valence-electron chi connectivity index (χ3n) is 5.69. The molecule has 0 bridgehead atoms. The topological polar surface area (TPSA) is 58.3 Å². The van der Waals surface area contributed by atoms with Crippen LogP contribution < -0.4 is 0 Å². The maximum Gasteiger partial charge on any atom is 0.173 e. The van der Waals surface area contributed by atoms with Crippen LogP contribution in [0.4, 0.5) is 0 Å². The van der Waals surface area contributed by atoms with Gasteiger partial charge in [-0.25, -0.2) is 4.98 Å². The Hall–Kier alpha value is -2.95. The SMILES string of the molecule is CCn1c(C(O)(c2ccccc2)c2ccccc2)nc2ccc(CCC(C)O)cc21. The second kappa shape index (κ2) is 8.42. The van der Waals surface area contributed by atoms with Gasteiger partial charge in [-0.3, -0.25) is 0 Å². The molecule has 0 fully saturated rings. The van der Waals surface area contributed by atoms with E-state index in [2.05, 4.69) is 23.6 Å². The smallest absolute Gasteiger partial charge is 0.173 e. The Labute approximate surface area is 177 Å². The molecule has 1 unspecified atom stereocenters. The first-order valence-corrected chi connectivity index (χ1v) is 10.5. The quantitative estimate of drug-likeness (QED) is 0.475. The van der Waals surface area contributed by atoms with Crippen molar-refractivity contribution in [2.45, 2.75) is 44.9 Å². The third-order valence-corrected chi connectivity index (χ3v) is 5.69. The predicted octanol–water partition coefficient (Wildman–Crippen LogP) is 4.65. The van der Waals surface area contributed by atoms with E-state index in [-0.39, 0.29) is 6.10 Å². The predicted molar refractivity (Wildman–Crippen MR) is 120 cm³/mol. The average Bonchev–Trinajstić information content (AvgIpc) is 3.16. The third kappa shape index (κ3) is 3.64. The van der Waals surface area contributed by atoms with E-state index < -0.39 is 5.60 Å². The van der Waals surface area contributed by atoms with Crippen molar-refractivity contribution in [2.24, 2.45) is 0 Å². The van der Waals surface area contributed by atoms with E-state index >= 15 is 0 Å². The van der Waals surface area contributed by atoms with Gasteiger partial charge in [0, 0.05) is 6.54 Å². The van der Waals surface area contributed by atoms with Crippen LogP contribution in [0.2, 0.25) is 0 Å². The zero-order valence-electron chi connectivity index (χ0n) is 17.5. The Morgan fingerprint density at radius 2 is 1.53 bits per heavy atom. The van der Waals surface area contributed by atoms with Gasteiger partial charge in [-0.2, -0.15) is 0 Å². The first-order valence-electron chi connectivity index (χ1n) is 10.5. The highest BCUT2D eigenvalue weighted by molar-refractivity contribution is 5.77. The molecular formula is C26H28N2O2. The van der Waals surface area contributed by atoms with Crippen LogP contribution in [-0.2, 0) is 18.6 Å². The molecule has 3 aromatic carbocycles. The van der Waals surface area contributed by atoms with Gasteiger partial charge in [-0.05, 0) is 55.5 Å². The van der Waals surface area contributed by atoms with Crippen molar-refractivity contribution in [2.75, 3.05) is 0 Å². The number of rotatable bonds is 7. The zero-order valence-corrected chi connectivity index (χ0v) is 17.5. The summed E-state index contributed by atoms with van der Waals surface area (Å²) in [6.07, 6.45) is 1.20. The van der Waals surface area contributed by atoms with Gasteiger partial charge in [0.25, 0.3) is 0 Å². The summed E-state index contributed by atoms with van der Waals surface area (Å²) in [4.78, 5) is 4.91. The van der Waals surface area contributed by atoms with E-state index in [1.807, 2.05) is 73.7 Å². The zero-order chi connectivity index (χ0) is 21.1. The number of hydrogen-bond acceptors (Lipinski definition) is 3. The van der Waals surface area contributed by atoms with Crippen molar-refractivity contribution < 1.29 is 10.2 Å². The van der Waals surface area contributed by atoms with E-state index in [0.29, 0.717) is 12.4 Å². The summed E-state index contributed by atoms with van der Waals surface area (Å²) >= 11 is 0. The lowest BCUT2D eigenvalue weighted by Gasteiger charge is -2.29. The molecule has 1 atom stereocenters. The van der Waals surface area contributed by atoms with Gasteiger partial charge in [0.05, 0.1) is 17.1 Å². The highest BCUT2D eigenvalue weighted by Gasteiger charge is 2.38. The summed E-state index contributed by atoms with van der Waals surface area (Å²) in [6.45, 7) is 4.57. The lowest BCUT2D eigenvalue weighted by molar-refractivity contribution is 0.112. The molecule has 154 valence electrons. The average molecular weight is 401 g/mol. The summed E-state index contributed by atoms with van der Waals surface area (Å²) in [7, 11) is 0. The molecular weight excluding hydrogens is 372 g/mol. The Kier molecular flexibility index (Phi) is 5.71. The molecule has 1 heterocycles. The van der Waals surface area contributed by atoms with E-state index in [1.54, 1.807) is 0 Å². The van der Waals surface area contributed by atoms with E-state index in [4.69, 9.17) is 4.98 Å². The fourth-order valence-corrected chi connectivity index (χ4v) is 4.08. The molecule has 0 aliphatic rings. The van der Waals surface area contributed by atoms with Crippen LogP contribution in [-0.4, -0.2) is 25.9 Å². The van der Waals surface area contributed by atoms with E-state index in [9.17, 15) is 10.2 Å². The van der Waals surface area contributed by atoms with Crippen LogP contribution in [0.25, 0.3) is 11.0 Å². The van der Waals surface area contributed by atoms with Gasteiger partial charge in [0.1, 0.15) is 0 Å². The van der Waals surface area contributed by atoms with Crippen LogP contribution in [0, 0.1) is 0 Å². The number of aromatic nitrogens is 2. The van der Waals surface area contributed by atoms with Crippen molar-refractivity contribution in [3.8, 4) is 0 Å². The summed E-state index contributed by atoms with van der Waals surface area (Å²) in [5.41, 5.74) is 3.23. The Morgan fingerprint density at radius 1 is 0.933 bits per heavy atom. The number of nitrogens with zero attached hydrogens (tertiary/aromatic N) is 2. The maximum atomic E-state index is 12.2. The lowest BCUT2D eigenvalue weighted by atomic mass is 9.85. The number of imidazole rings is 1. The minimum atomic E-state index is -1.36. The number of fused-ring (bicyclic) bond motifs is 1. The molecule has 4 rings (SSSR count). The molecule has 0 aliphatic heterocycles. The largest absolute Gasteiger partial charge is 0.393 e. The molecule has 4 heteroatoms. The Bertz CT molecular complexity index is 1080. The molecule has 0 saturated carbocycles. The molecule has 0 aliphatic carbocycles. The van der Waals surface area contributed by atoms with E-state index in [0.717, 1.165) is 40.6 Å². The van der Waals surface area contributed by atoms with Gasteiger partial charge in [-0.1, -0.05) is 66.7 Å². The molecule has 0 saturated heterocycles. The normalized spacial score (nSPS) is 12.9. The van der Waals surface area contributed by atoms with Crippen molar-refractivity contribution >= 4 is 11.0 Å². The highest BCUT2D eigenvalue weighted by Crippen LogP contribution is 2.37. The molecule has 0 spiro atoms. The Morgan fingerprint density at radius 3 is 2.07 bits per heavy atom. The Balaban J connectivity index is 1.92. The number of aliphatic hydroxyl groups excluding tert-OH is 1. The molecule has 0 radical (unpaired) electrons. The van der Waals surface area contributed by atoms with Gasteiger partial charge in [0.15, 0.2) is 11.4 Å². The summed E-state index contributed by atoms with van der Waals surface area (Å²) in [6, 6.07) is 25.7. The van der Waals surface area contributed by atoms with Crippen molar-refractivity contribution in [3.63, 3.8) is 0 Å². The molecule has 4 nitrogen and oxygen atoms in total. The minimum Gasteiger partial charge on any atom is -0.393 e. The van der Waals surface area contributed by atoms with Crippen LogP contribution >= 0.6 is 0 Å². The second-order valence-corrected chi connectivity index (χ2v) is 7.83. The summed E-state index contributed by atoms with van der Waals surface area (Å²) in [5.74, 6) is 0.616. The van der Waals surface area contributed by atoms with Crippen LogP contribution in [0.1, 0.15) is 42.8 Å². The number of aliphatic hydroxyl groups is 2. The van der Waals surface area contributed by atoms with E-state index in [1.165, 1.54) is 0 Å². The van der Waals surface area contributed by atoms with Crippen molar-refractivity contribution in [1.82, 2.24) is 9.55 Å². The molecule has 0 amide bonds. The molecule has 30 heavy (non-hydrogen) atoms. The molecule has 1 aromatic heterocycles.